The van der Waals surface area contributed by atoms with Gasteiger partial charge in [-0.3, -0.25) is 0 Å². The molecule has 0 saturated heterocycles. The second kappa shape index (κ2) is 3.47. The van der Waals surface area contributed by atoms with Crippen molar-refractivity contribution in [3.8, 4) is 0 Å². The van der Waals surface area contributed by atoms with Gasteiger partial charge < -0.3 is 5.73 Å². The van der Waals surface area contributed by atoms with Crippen molar-refractivity contribution in [2.45, 2.75) is 39.0 Å². The maximum Gasteiger partial charge on any atom is -0.00459 e. The lowest BCUT2D eigenvalue weighted by molar-refractivity contribution is -0.275. The maximum absolute atomic E-state index is 5.96. The van der Waals surface area contributed by atoms with Crippen molar-refractivity contribution in [2.24, 2.45) is 76.7 Å². The fourth-order valence-corrected chi connectivity index (χ4v) is 8.95. The summed E-state index contributed by atoms with van der Waals surface area (Å²) < 4.78 is 0. The van der Waals surface area contributed by atoms with Crippen molar-refractivity contribution >= 4 is 0 Å². The van der Waals surface area contributed by atoms with E-state index in [4.69, 9.17) is 5.73 Å². The minimum Gasteiger partial charge on any atom is -0.330 e. The van der Waals surface area contributed by atoms with Crippen LogP contribution in [-0.2, 0) is 0 Å². The summed E-state index contributed by atoms with van der Waals surface area (Å²) in [4.78, 5) is 0. The number of hydrogen-bond donors (Lipinski definition) is 1. The van der Waals surface area contributed by atoms with Crippen LogP contribution < -0.4 is 5.73 Å². The van der Waals surface area contributed by atoms with E-state index in [0.29, 0.717) is 0 Å². The summed E-state index contributed by atoms with van der Waals surface area (Å²) in [7, 11) is 0. The topological polar surface area (TPSA) is 26.0 Å². The Morgan fingerprint density at radius 3 is 1.80 bits per heavy atom. The Hall–Kier alpha value is -0.0400. The van der Waals surface area contributed by atoms with Crippen LogP contribution in [0, 0.1) is 71.0 Å². The highest BCUT2D eigenvalue weighted by Crippen LogP contribution is 2.78. The summed E-state index contributed by atoms with van der Waals surface area (Å²) in [6, 6.07) is 0. The molecule has 1 nitrogen and oxygen atoms in total. The van der Waals surface area contributed by atoms with Crippen molar-refractivity contribution in [1.82, 2.24) is 0 Å². The zero-order chi connectivity index (χ0) is 13.2. The van der Waals surface area contributed by atoms with Gasteiger partial charge in [-0.25, -0.2) is 0 Å². The first-order chi connectivity index (χ1) is 9.78. The van der Waals surface area contributed by atoms with Gasteiger partial charge in [-0.15, -0.1) is 0 Å². The van der Waals surface area contributed by atoms with Gasteiger partial charge in [0.05, 0.1) is 0 Å². The predicted octanol–water partition coefficient (Wildman–Crippen LogP) is 3.39. The van der Waals surface area contributed by atoms with Crippen LogP contribution in [0.2, 0.25) is 0 Å². The Morgan fingerprint density at radius 1 is 0.650 bits per heavy atom. The van der Waals surface area contributed by atoms with Gasteiger partial charge in [0.15, 0.2) is 0 Å². The molecule has 6 aliphatic rings. The first-order valence-corrected chi connectivity index (χ1v) is 9.48. The molecule has 0 amide bonds. The van der Waals surface area contributed by atoms with Crippen LogP contribution >= 0.6 is 0 Å². The summed E-state index contributed by atoms with van der Waals surface area (Å²) >= 11 is 0. The van der Waals surface area contributed by atoms with Crippen LogP contribution in [-0.4, -0.2) is 6.54 Å². The Bertz CT molecular complexity index is 459. The molecule has 6 saturated carbocycles. The summed E-state index contributed by atoms with van der Waals surface area (Å²) in [6.07, 6.45) is 7.94. The van der Waals surface area contributed by atoms with Crippen LogP contribution in [0.25, 0.3) is 0 Å². The van der Waals surface area contributed by atoms with E-state index in [9.17, 15) is 0 Å². The Morgan fingerprint density at radius 2 is 1.15 bits per heavy atom. The third-order valence-corrected chi connectivity index (χ3v) is 9.47. The molecule has 12 atom stereocenters. The van der Waals surface area contributed by atoms with Crippen LogP contribution in [0.1, 0.15) is 39.0 Å². The zero-order valence-corrected chi connectivity index (χ0v) is 12.7. The van der Waals surface area contributed by atoms with Gasteiger partial charge >= 0.3 is 0 Å². The van der Waals surface area contributed by atoms with Crippen LogP contribution in [0.15, 0.2) is 0 Å². The van der Waals surface area contributed by atoms with Crippen molar-refractivity contribution in [3.05, 3.63) is 0 Å². The van der Waals surface area contributed by atoms with Crippen molar-refractivity contribution in [1.29, 1.82) is 0 Å². The molecule has 0 aliphatic heterocycles. The van der Waals surface area contributed by atoms with Gasteiger partial charge in [0, 0.05) is 0 Å². The molecule has 0 aromatic heterocycles. The average molecular weight is 271 g/mol. The van der Waals surface area contributed by atoms with Gasteiger partial charge in [0.25, 0.3) is 0 Å². The van der Waals surface area contributed by atoms with E-state index in [0.717, 1.165) is 42.1 Å². The lowest BCUT2D eigenvalue weighted by Crippen LogP contribution is -2.70. The van der Waals surface area contributed by atoms with Gasteiger partial charge in [-0.2, -0.15) is 0 Å². The summed E-state index contributed by atoms with van der Waals surface area (Å²) in [5, 5.41) is 0. The zero-order valence-electron chi connectivity index (χ0n) is 12.7. The molecule has 0 spiro atoms. The second-order valence-electron chi connectivity index (χ2n) is 9.66. The molecule has 110 valence electrons. The molecular weight excluding hydrogens is 242 g/mol. The quantitative estimate of drug-likeness (QED) is 0.777. The largest absolute Gasteiger partial charge is 0.330 e. The van der Waals surface area contributed by atoms with E-state index in [-0.39, 0.29) is 0 Å². The summed E-state index contributed by atoms with van der Waals surface area (Å²) in [5.74, 6) is 13.6. The molecule has 0 bridgehead atoms. The normalized spacial score (nSPS) is 71.7. The fraction of sp³-hybridized carbons (Fsp3) is 1.00. The first kappa shape index (κ1) is 11.5. The van der Waals surface area contributed by atoms with Crippen molar-refractivity contribution < 1.29 is 0 Å². The van der Waals surface area contributed by atoms with Crippen LogP contribution in [0.5, 0.6) is 0 Å². The molecule has 6 fully saturated rings. The molecule has 6 rings (SSSR count). The highest BCUT2D eigenvalue weighted by atomic mass is 14.8. The Balaban J connectivity index is 1.22. The molecular formula is C19H29N. The average Bonchev–Trinajstić information content (AvgIpc) is 2.68. The SMILES string of the molecule is CC1CC2C(C1)C1C3CC4C(CC3C21)C1CC(CN)C14. The minimum absolute atomic E-state index is 0.925. The predicted molar refractivity (Wildman–Crippen MR) is 79.7 cm³/mol. The van der Waals surface area contributed by atoms with E-state index >= 15 is 0 Å². The molecule has 0 heterocycles. The third-order valence-electron chi connectivity index (χ3n) is 9.47. The third kappa shape index (κ3) is 1.06. The number of nitrogens with two attached hydrogens (primary N) is 1. The second-order valence-corrected chi connectivity index (χ2v) is 9.66. The highest BCUT2D eigenvalue weighted by molar-refractivity contribution is 5.20. The van der Waals surface area contributed by atoms with E-state index in [2.05, 4.69) is 6.92 Å². The van der Waals surface area contributed by atoms with Gasteiger partial charge in [-0.05, 0) is 110 Å². The molecule has 0 aromatic rings. The Labute approximate surface area is 123 Å². The first-order valence-electron chi connectivity index (χ1n) is 9.48. The van der Waals surface area contributed by atoms with E-state index in [1.807, 2.05) is 0 Å². The maximum atomic E-state index is 5.96. The number of rotatable bonds is 1. The smallest absolute Gasteiger partial charge is 0.00459 e. The molecule has 2 N–H and O–H groups in total. The van der Waals surface area contributed by atoms with E-state index in [1.54, 1.807) is 25.7 Å². The summed E-state index contributed by atoms with van der Waals surface area (Å²) in [6.45, 7) is 3.49. The fourth-order valence-electron chi connectivity index (χ4n) is 8.95. The lowest BCUT2D eigenvalue weighted by atomic mass is 9.29. The monoisotopic (exact) mass is 271 g/mol. The van der Waals surface area contributed by atoms with Gasteiger partial charge in [-0.1, -0.05) is 6.92 Å². The minimum atomic E-state index is 0.925. The van der Waals surface area contributed by atoms with Crippen molar-refractivity contribution in [2.75, 3.05) is 6.54 Å². The molecule has 0 radical (unpaired) electrons. The molecule has 6 aliphatic carbocycles. The van der Waals surface area contributed by atoms with Gasteiger partial charge in [0.1, 0.15) is 0 Å². The Kier molecular flexibility index (Phi) is 2.00. The number of fused-ring (bicyclic) bond motifs is 11. The molecule has 20 heavy (non-hydrogen) atoms. The highest BCUT2D eigenvalue weighted by Gasteiger charge is 2.72. The molecule has 0 aromatic carbocycles. The van der Waals surface area contributed by atoms with Crippen LogP contribution in [0.4, 0.5) is 0 Å². The standard InChI is InChI=1S/C19H29N/c1-8-2-11-12(3-8)19-16-6-14-10(5-15(16)18(11)19)13-4-9(7-20)17(13)14/h8-19H,2-7,20H2,1H3. The van der Waals surface area contributed by atoms with Gasteiger partial charge in [0.2, 0.25) is 0 Å². The van der Waals surface area contributed by atoms with E-state index in [1.165, 1.54) is 41.9 Å². The van der Waals surface area contributed by atoms with E-state index < -0.39 is 0 Å². The van der Waals surface area contributed by atoms with Crippen molar-refractivity contribution in [3.63, 3.8) is 0 Å². The molecule has 1 heteroatoms. The number of hydrogen-bond acceptors (Lipinski definition) is 1. The van der Waals surface area contributed by atoms with Crippen LogP contribution in [0.3, 0.4) is 0 Å². The molecule has 12 unspecified atom stereocenters. The summed E-state index contributed by atoms with van der Waals surface area (Å²) in [5.41, 5.74) is 5.96. The lowest BCUT2D eigenvalue weighted by Gasteiger charge is -2.75.